The molecule has 0 heterocycles. The SMILES string of the molecule is NC(N)=NCCN[N+](=O)[O-]. The molecule has 5 N–H and O–H groups in total. The molecule has 0 saturated heterocycles. The highest BCUT2D eigenvalue weighted by Crippen LogP contribution is 1.65. The van der Waals surface area contributed by atoms with Gasteiger partial charge in [-0.2, -0.15) is 0 Å². The Morgan fingerprint density at radius 3 is 2.70 bits per heavy atom. The summed E-state index contributed by atoms with van der Waals surface area (Å²) in [6.45, 7) is 0.341. The van der Waals surface area contributed by atoms with Gasteiger partial charge >= 0.3 is 0 Å². The predicted octanol–water partition coefficient (Wildman–Crippen LogP) is -1.96. The molecule has 0 aliphatic rings. The van der Waals surface area contributed by atoms with Crippen LogP contribution in [0.2, 0.25) is 0 Å². The third kappa shape index (κ3) is 6.47. The lowest BCUT2D eigenvalue weighted by Crippen LogP contribution is -2.27. The van der Waals surface area contributed by atoms with E-state index >= 15 is 0 Å². The van der Waals surface area contributed by atoms with Gasteiger partial charge < -0.3 is 11.5 Å². The third-order valence-electron chi connectivity index (χ3n) is 0.647. The molecule has 10 heavy (non-hydrogen) atoms. The molecule has 0 aromatic carbocycles. The molecule has 7 heteroatoms. The van der Waals surface area contributed by atoms with Crippen LogP contribution in [0.5, 0.6) is 0 Å². The molecule has 0 rings (SSSR count). The van der Waals surface area contributed by atoms with Crippen LogP contribution in [0, 0.1) is 10.1 Å². The Balaban J connectivity index is 3.21. The van der Waals surface area contributed by atoms with E-state index in [1.54, 1.807) is 0 Å². The van der Waals surface area contributed by atoms with E-state index in [4.69, 9.17) is 11.5 Å². The van der Waals surface area contributed by atoms with E-state index in [1.165, 1.54) is 0 Å². The second kappa shape index (κ2) is 4.36. The van der Waals surface area contributed by atoms with E-state index in [-0.39, 0.29) is 19.0 Å². The monoisotopic (exact) mass is 147 g/mol. The number of hydrogen-bond acceptors (Lipinski definition) is 3. The average Bonchev–Trinajstić information content (AvgIpc) is 1.79. The normalized spacial score (nSPS) is 8.40. The molecule has 0 amide bonds. The van der Waals surface area contributed by atoms with Crippen molar-refractivity contribution in [2.24, 2.45) is 16.5 Å². The van der Waals surface area contributed by atoms with Gasteiger partial charge in [0.15, 0.2) is 11.0 Å². The maximum absolute atomic E-state index is 9.63. The Morgan fingerprint density at radius 2 is 2.30 bits per heavy atom. The highest BCUT2D eigenvalue weighted by atomic mass is 16.7. The van der Waals surface area contributed by atoms with Gasteiger partial charge in [0, 0.05) is 0 Å². The van der Waals surface area contributed by atoms with Crippen LogP contribution in [-0.2, 0) is 0 Å². The predicted molar refractivity (Wildman–Crippen MR) is 35.7 cm³/mol. The summed E-state index contributed by atoms with van der Waals surface area (Å²) in [5.74, 6) is -0.0647. The number of hydrazine groups is 1. The van der Waals surface area contributed by atoms with Gasteiger partial charge in [0.2, 0.25) is 0 Å². The van der Waals surface area contributed by atoms with E-state index < -0.39 is 5.03 Å². The van der Waals surface area contributed by atoms with Crippen LogP contribution in [0.4, 0.5) is 0 Å². The molecule has 0 fully saturated rings. The van der Waals surface area contributed by atoms with Gasteiger partial charge in [-0.1, -0.05) is 0 Å². The Bertz CT molecular complexity index is 140. The number of rotatable bonds is 4. The molecular formula is C3H9N5O2. The van der Waals surface area contributed by atoms with Gasteiger partial charge in [-0.3, -0.25) is 4.99 Å². The number of nitro groups is 1. The van der Waals surface area contributed by atoms with Gasteiger partial charge in [-0.25, -0.2) is 10.1 Å². The van der Waals surface area contributed by atoms with Crippen molar-refractivity contribution in [1.82, 2.24) is 5.43 Å². The van der Waals surface area contributed by atoms with Crippen LogP contribution in [0.1, 0.15) is 0 Å². The largest absolute Gasteiger partial charge is 0.370 e. The first kappa shape index (κ1) is 8.47. The molecule has 0 atom stereocenters. The van der Waals surface area contributed by atoms with E-state index in [2.05, 4.69) is 4.99 Å². The lowest BCUT2D eigenvalue weighted by Gasteiger charge is -1.92. The fourth-order valence-electron chi connectivity index (χ4n) is 0.326. The number of nitrogens with one attached hydrogen (secondary N) is 1. The van der Waals surface area contributed by atoms with Crippen molar-refractivity contribution in [1.29, 1.82) is 0 Å². The Morgan fingerprint density at radius 1 is 1.70 bits per heavy atom. The van der Waals surface area contributed by atoms with E-state index in [0.29, 0.717) is 0 Å². The summed E-state index contributed by atoms with van der Waals surface area (Å²) in [6.07, 6.45) is 0. The van der Waals surface area contributed by atoms with Crippen LogP contribution in [0.25, 0.3) is 0 Å². The summed E-state index contributed by atoms with van der Waals surface area (Å²) in [7, 11) is 0. The second-order valence-corrected chi connectivity index (χ2v) is 1.47. The average molecular weight is 147 g/mol. The molecule has 58 valence electrons. The minimum absolute atomic E-state index is 0.0647. The van der Waals surface area contributed by atoms with Crippen molar-refractivity contribution in [2.45, 2.75) is 0 Å². The van der Waals surface area contributed by atoms with Crippen molar-refractivity contribution >= 4 is 5.96 Å². The molecular weight excluding hydrogens is 138 g/mol. The summed E-state index contributed by atoms with van der Waals surface area (Å²) in [6, 6.07) is 0. The summed E-state index contributed by atoms with van der Waals surface area (Å²) in [5.41, 5.74) is 11.8. The quantitative estimate of drug-likeness (QED) is 0.140. The van der Waals surface area contributed by atoms with E-state index in [1.807, 2.05) is 5.43 Å². The van der Waals surface area contributed by atoms with Crippen molar-refractivity contribution in [3.8, 4) is 0 Å². The number of nitrogens with zero attached hydrogens (tertiary/aromatic N) is 2. The maximum atomic E-state index is 9.63. The van der Waals surface area contributed by atoms with Gasteiger partial charge in [-0.05, 0) is 0 Å². The summed E-state index contributed by atoms with van der Waals surface area (Å²) in [5, 5.41) is 8.98. The fraction of sp³-hybridized carbons (Fsp3) is 0.667. The highest BCUT2D eigenvalue weighted by molar-refractivity contribution is 5.75. The van der Waals surface area contributed by atoms with Crippen LogP contribution in [-0.4, -0.2) is 24.1 Å². The first-order valence-electron chi connectivity index (χ1n) is 2.56. The number of guanidine groups is 1. The molecule has 0 saturated carbocycles. The number of nitrogens with two attached hydrogens (primary N) is 2. The number of aliphatic imine (C=N–C) groups is 1. The smallest absolute Gasteiger partial charge is 0.185 e. The third-order valence-corrected chi connectivity index (χ3v) is 0.647. The zero-order valence-electron chi connectivity index (χ0n) is 5.28. The molecule has 0 bridgehead atoms. The second-order valence-electron chi connectivity index (χ2n) is 1.47. The Hall–Kier alpha value is -1.53. The molecule has 7 nitrogen and oxygen atoms in total. The summed E-state index contributed by atoms with van der Waals surface area (Å²) < 4.78 is 0. The molecule has 0 spiro atoms. The minimum atomic E-state index is -0.651. The number of hydrogen-bond donors (Lipinski definition) is 3. The highest BCUT2D eigenvalue weighted by Gasteiger charge is 1.90. The maximum Gasteiger partial charge on any atom is 0.185 e. The standard InChI is InChI=1S/C3H9N5O2/c4-3(5)6-1-2-7-8(9)10/h7H,1-2H2,(H4,4,5,6). The van der Waals surface area contributed by atoms with Crippen molar-refractivity contribution < 1.29 is 5.03 Å². The van der Waals surface area contributed by atoms with E-state index in [0.717, 1.165) is 0 Å². The van der Waals surface area contributed by atoms with Gasteiger partial charge in [0.1, 0.15) is 0 Å². The van der Waals surface area contributed by atoms with Crippen LogP contribution >= 0.6 is 0 Å². The van der Waals surface area contributed by atoms with Crippen LogP contribution in [0.15, 0.2) is 4.99 Å². The lowest BCUT2D eigenvalue weighted by molar-refractivity contribution is -0.543. The van der Waals surface area contributed by atoms with Crippen molar-refractivity contribution in [2.75, 3.05) is 13.1 Å². The molecule has 0 aliphatic heterocycles. The molecule has 0 aromatic heterocycles. The van der Waals surface area contributed by atoms with Crippen molar-refractivity contribution in [3.05, 3.63) is 10.1 Å². The topological polar surface area (TPSA) is 120 Å². The Labute approximate surface area is 57.2 Å². The van der Waals surface area contributed by atoms with Gasteiger partial charge in [0.05, 0.1) is 13.1 Å². The van der Waals surface area contributed by atoms with E-state index in [9.17, 15) is 10.1 Å². The first-order valence-corrected chi connectivity index (χ1v) is 2.56. The van der Waals surface area contributed by atoms with Crippen LogP contribution < -0.4 is 16.9 Å². The molecule has 0 radical (unpaired) electrons. The van der Waals surface area contributed by atoms with Crippen LogP contribution in [0.3, 0.4) is 0 Å². The zero-order valence-corrected chi connectivity index (χ0v) is 5.28. The first-order chi connectivity index (χ1) is 4.63. The van der Waals surface area contributed by atoms with Gasteiger partial charge in [-0.15, -0.1) is 5.43 Å². The van der Waals surface area contributed by atoms with Gasteiger partial charge in [0.25, 0.3) is 0 Å². The molecule has 0 aliphatic carbocycles. The van der Waals surface area contributed by atoms with Crippen molar-refractivity contribution in [3.63, 3.8) is 0 Å². The zero-order chi connectivity index (χ0) is 7.98. The Kier molecular flexibility index (Phi) is 3.69. The molecule has 0 unspecified atom stereocenters. The summed E-state index contributed by atoms with van der Waals surface area (Å²) in [4.78, 5) is 13.1. The fourth-order valence-corrected chi connectivity index (χ4v) is 0.326. The molecule has 0 aromatic rings. The lowest BCUT2D eigenvalue weighted by atomic mass is 10.7. The minimum Gasteiger partial charge on any atom is -0.370 e. The summed E-state index contributed by atoms with van der Waals surface area (Å²) >= 11 is 0.